The van der Waals surface area contributed by atoms with Crippen molar-refractivity contribution in [3.05, 3.63) is 71.8 Å². The molecule has 2 aromatic rings. The molecule has 2 fully saturated rings. The third-order valence-corrected chi connectivity index (χ3v) is 6.31. The van der Waals surface area contributed by atoms with E-state index in [0.717, 1.165) is 36.8 Å². The van der Waals surface area contributed by atoms with E-state index in [-0.39, 0.29) is 11.7 Å². The summed E-state index contributed by atoms with van der Waals surface area (Å²) in [6.07, 6.45) is 11.3. The van der Waals surface area contributed by atoms with Crippen LogP contribution in [0.15, 0.2) is 60.7 Å². The van der Waals surface area contributed by atoms with E-state index >= 15 is 0 Å². The van der Waals surface area contributed by atoms with Crippen molar-refractivity contribution in [3.63, 3.8) is 0 Å². The fraction of sp³-hybridized carbons (Fsp3) is 0.433. The Morgan fingerprint density at radius 1 is 0.719 bits per heavy atom. The van der Waals surface area contributed by atoms with Crippen molar-refractivity contribution in [2.75, 3.05) is 0 Å². The number of benzene rings is 2. The molecule has 1 unspecified atom stereocenters. The van der Waals surface area contributed by atoms with E-state index in [1.807, 2.05) is 60.7 Å². The topological polar surface area (TPSA) is 37.3 Å². The third-order valence-electron chi connectivity index (χ3n) is 6.31. The number of Topliss-reactive ketones (excluding diaryl/α,β-unsaturated/α-hetero) is 1. The first-order valence-electron chi connectivity index (χ1n) is 12.1. The van der Waals surface area contributed by atoms with Gasteiger partial charge in [-0.15, -0.1) is 0 Å². The Labute approximate surface area is 193 Å². The van der Waals surface area contributed by atoms with Crippen molar-refractivity contribution in [2.24, 2.45) is 11.8 Å². The molecule has 0 aliphatic heterocycles. The van der Waals surface area contributed by atoms with Crippen LogP contribution in [0.25, 0.3) is 0 Å². The average molecular weight is 427 g/mol. The number of carbonyl (C=O) groups excluding carboxylic acids is 1. The van der Waals surface area contributed by atoms with Gasteiger partial charge in [-0.25, -0.2) is 0 Å². The van der Waals surface area contributed by atoms with E-state index in [4.69, 9.17) is 0 Å². The molecular formula is C30H34O2. The molecular weight excluding hydrogens is 392 g/mol. The van der Waals surface area contributed by atoms with Gasteiger partial charge < -0.3 is 5.11 Å². The summed E-state index contributed by atoms with van der Waals surface area (Å²) in [5.74, 6) is 12.5. The Balaban J connectivity index is 0.000000181. The highest BCUT2D eigenvalue weighted by molar-refractivity contribution is 5.97. The number of carbonyl (C=O) groups is 1. The number of hydrogen-bond acceptors (Lipinski definition) is 2. The molecule has 2 heteroatoms. The zero-order valence-electron chi connectivity index (χ0n) is 18.9. The maximum atomic E-state index is 11.8. The Morgan fingerprint density at radius 2 is 1.22 bits per heavy atom. The molecule has 32 heavy (non-hydrogen) atoms. The fourth-order valence-corrected chi connectivity index (χ4v) is 4.37. The van der Waals surface area contributed by atoms with Gasteiger partial charge in [0.2, 0.25) is 5.78 Å². The first-order valence-corrected chi connectivity index (χ1v) is 12.1. The highest BCUT2D eigenvalue weighted by Crippen LogP contribution is 2.26. The highest BCUT2D eigenvalue weighted by Gasteiger charge is 2.20. The molecule has 4 rings (SSSR count). The quantitative estimate of drug-likeness (QED) is 0.583. The summed E-state index contributed by atoms with van der Waals surface area (Å²) in [7, 11) is 0. The van der Waals surface area contributed by atoms with Crippen molar-refractivity contribution < 1.29 is 9.90 Å². The standard InChI is InChI=1S/C15H18O.C15H16O/c2*16-15(14-9-5-2-6-10-14)12-11-13-7-3-1-4-8-13/h1,3-4,7-8,14-16H,2,5-6,9-10H2;1,3-4,7-8,14H,2,5-6,9-10H2. The van der Waals surface area contributed by atoms with Crippen molar-refractivity contribution in [2.45, 2.75) is 70.3 Å². The molecule has 0 heterocycles. The van der Waals surface area contributed by atoms with Crippen molar-refractivity contribution in [1.29, 1.82) is 0 Å². The predicted octanol–water partition coefficient (Wildman–Crippen LogP) is 6.17. The van der Waals surface area contributed by atoms with Crippen LogP contribution < -0.4 is 0 Å². The minimum atomic E-state index is -0.444. The largest absolute Gasteiger partial charge is 0.380 e. The van der Waals surface area contributed by atoms with Gasteiger partial charge in [0, 0.05) is 17.0 Å². The maximum Gasteiger partial charge on any atom is 0.208 e. The molecule has 1 N–H and O–H groups in total. The normalized spacial score (nSPS) is 17.4. The van der Waals surface area contributed by atoms with Gasteiger partial charge in [-0.05, 0) is 61.8 Å². The second-order valence-electron chi connectivity index (χ2n) is 8.79. The lowest BCUT2D eigenvalue weighted by Gasteiger charge is -2.23. The summed E-state index contributed by atoms with van der Waals surface area (Å²) in [6, 6.07) is 19.6. The fourth-order valence-electron chi connectivity index (χ4n) is 4.37. The van der Waals surface area contributed by atoms with E-state index in [9.17, 15) is 9.90 Å². The molecule has 1 atom stereocenters. The summed E-state index contributed by atoms with van der Waals surface area (Å²) >= 11 is 0. The zero-order valence-corrected chi connectivity index (χ0v) is 18.9. The summed E-state index contributed by atoms with van der Waals surface area (Å²) in [4.78, 5) is 11.8. The van der Waals surface area contributed by atoms with Crippen LogP contribution in [0, 0.1) is 35.5 Å². The molecule has 2 nitrogen and oxygen atoms in total. The number of aliphatic hydroxyl groups excluding tert-OH is 1. The van der Waals surface area contributed by atoms with E-state index < -0.39 is 6.10 Å². The second kappa shape index (κ2) is 13.6. The van der Waals surface area contributed by atoms with Gasteiger partial charge in [0.1, 0.15) is 6.10 Å². The molecule has 0 spiro atoms. The van der Waals surface area contributed by atoms with Crippen molar-refractivity contribution >= 4 is 5.78 Å². The second-order valence-corrected chi connectivity index (χ2v) is 8.79. The Bertz CT molecular complexity index is 928. The molecule has 0 aromatic heterocycles. The van der Waals surface area contributed by atoms with Crippen LogP contribution in [0.1, 0.15) is 75.3 Å². The van der Waals surface area contributed by atoms with Crippen LogP contribution in [-0.4, -0.2) is 17.0 Å². The van der Waals surface area contributed by atoms with Gasteiger partial charge >= 0.3 is 0 Å². The molecule has 2 aromatic carbocycles. The van der Waals surface area contributed by atoms with Gasteiger partial charge in [-0.3, -0.25) is 4.79 Å². The van der Waals surface area contributed by atoms with Crippen molar-refractivity contribution in [3.8, 4) is 23.7 Å². The lowest BCUT2D eigenvalue weighted by atomic mass is 9.85. The molecule has 0 amide bonds. The van der Waals surface area contributed by atoms with E-state index in [1.165, 1.54) is 38.5 Å². The summed E-state index contributed by atoms with van der Waals surface area (Å²) in [5.41, 5.74) is 1.91. The monoisotopic (exact) mass is 426 g/mol. The first kappa shape index (κ1) is 23.8. The lowest BCUT2D eigenvalue weighted by molar-refractivity contribution is -0.118. The smallest absolute Gasteiger partial charge is 0.208 e. The minimum absolute atomic E-state index is 0.128. The molecule has 2 aliphatic carbocycles. The third kappa shape index (κ3) is 8.37. The molecule has 166 valence electrons. The maximum absolute atomic E-state index is 11.8. The molecule has 0 saturated heterocycles. The number of ketones is 1. The molecule has 0 bridgehead atoms. The molecule has 2 saturated carbocycles. The zero-order chi connectivity index (χ0) is 22.4. The number of hydrogen-bond donors (Lipinski definition) is 1. The van der Waals surface area contributed by atoms with E-state index in [0.29, 0.717) is 5.92 Å². The average Bonchev–Trinajstić information content (AvgIpc) is 2.88. The lowest BCUT2D eigenvalue weighted by Crippen LogP contribution is -2.21. The van der Waals surface area contributed by atoms with Crippen LogP contribution in [0.5, 0.6) is 0 Å². The van der Waals surface area contributed by atoms with E-state index in [2.05, 4.69) is 23.7 Å². The van der Waals surface area contributed by atoms with Gasteiger partial charge in [0.05, 0.1) is 0 Å². The van der Waals surface area contributed by atoms with Gasteiger partial charge in [0.25, 0.3) is 0 Å². The predicted molar refractivity (Wildman–Crippen MR) is 131 cm³/mol. The van der Waals surface area contributed by atoms with Gasteiger partial charge in [-0.2, -0.15) is 0 Å². The number of aliphatic hydroxyl groups is 1. The van der Waals surface area contributed by atoms with E-state index in [1.54, 1.807) is 0 Å². The molecule has 2 aliphatic rings. The Kier molecular flexibility index (Phi) is 10.1. The Hall–Kier alpha value is -2.81. The Morgan fingerprint density at radius 3 is 1.78 bits per heavy atom. The summed E-state index contributed by atoms with van der Waals surface area (Å²) in [5, 5.41) is 9.96. The van der Waals surface area contributed by atoms with Crippen LogP contribution >= 0.6 is 0 Å². The van der Waals surface area contributed by atoms with Crippen LogP contribution in [-0.2, 0) is 4.79 Å². The van der Waals surface area contributed by atoms with Gasteiger partial charge in [0.15, 0.2) is 0 Å². The minimum Gasteiger partial charge on any atom is -0.380 e. The van der Waals surface area contributed by atoms with Crippen molar-refractivity contribution in [1.82, 2.24) is 0 Å². The summed E-state index contributed by atoms with van der Waals surface area (Å²) in [6.45, 7) is 0. The van der Waals surface area contributed by atoms with Crippen LogP contribution in [0.3, 0.4) is 0 Å². The number of rotatable bonds is 2. The SMILES string of the molecule is O=C(C#Cc1ccccc1)C1CCCCC1.OC(C#Cc1ccccc1)C1CCCCC1. The first-order chi connectivity index (χ1) is 15.7. The van der Waals surface area contributed by atoms with Crippen LogP contribution in [0.4, 0.5) is 0 Å². The van der Waals surface area contributed by atoms with Gasteiger partial charge in [-0.1, -0.05) is 92.7 Å². The molecule has 0 radical (unpaired) electrons. The van der Waals surface area contributed by atoms with Crippen LogP contribution in [0.2, 0.25) is 0 Å². The highest BCUT2D eigenvalue weighted by atomic mass is 16.3. The summed E-state index contributed by atoms with van der Waals surface area (Å²) < 4.78 is 0.